The first-order valence-corrected chi connectivity index (χ1v) is 4.57. The van der Waals surface area contributed by atoms with Crippen molar-refractivity contribution < 1.29 is 23.9 Å². The van der Waals surface area contributed by atoms with Crippen molar-refractivity contribution in [2.75, 3.05) is 0 Å². The van der Waals surface area contributed by atoms with Crippen molar-refractivity contribution in [3.8, 4) is 0 Å². The van der Waals surface area contributed by atoms with E-state index in [0.29, 0.717) is 6.42 Å². The lowest BCUT2D eigenvalue weighted by Crippen LogP contribution is -2.20. The van der Waals surface area contributed by atoms with Gasteiger partial charge in [-0.3, -0.25) is 14.4 Å². The lowest BCUT2D eigenvalue weighted by Gasteiger charge is -2.12. The van der Waals surface area contributed by atoms with Gasteiger partial charge in [0.15, 0.2) is 0 Å². The summed E-state index contributed by atoms with van der Waals surface area (Å²) in [6.45, 7) is 2.66. The molecule has 0 aliphatic heterocycles. The largest absolute Gasteiger partial charge is 0.426 e. The standard InChI is InChI=1S/C9H15NO5/c1-6(11)14-7(2)15-9(13)5-3-4-8(10)12/h7H,3-5H2,1-2H3,(H2,10,12). The smallest absolute Gasteiger partial charge is 0.308 e. The van der Waals surface area contributed by atoms with Gasteiger partial charge < -0.3 is 15.2 Å². The van der Waals surface area contributed by atoms with Crippen molar-refractivity contribution in [3.63, 3.8) is 0 Å². The molecule has 1 unspecified atom stereocenters. The second-order valence-corrected chi connectivity index (χ2v) is 2.99. The molecule has 0 bridgehead atoms. The fourth-order valence-electron chi connectivity index (χ4n) is 0.909. The molecule has 0 heterocycles. The second kappa shape index (κ2) is 6.80. The van der Waals surface area contributed by atoms with E-state index in [1.165, 1.54) is 13.8 Å². The van der Waals surface area contributed by atoms with Crippen LogP contribution >= 0.6 is 0 Å². The highest BCUT2D eigenvalue weighted by Gasteiger charge is 2.11. The van der Waals surface area contributed by atoms with E-state index in [4.69, 9.17) is 10.5 Å². The topological polar surface area (TPSA) is 95.7 Å². The maximum Gasteiger partial charge on any atom is 0.308 e. The van der Waals surface area contributed by atoms with Crippen LogP contribution in [0, 0.1) is 0 Å². The normalized spacial score (nSPS) is 11.6. The molecule has 0 saturated heterocycles. The van der Waals surface area contributed by atoms with Gasteiger partial charge in [-0.05, 0) is 6.42 Å². The number of hydrogen-bond donors (Lipinski definition) is 1. The lowest BCUT2D eigenvalue weighted by molar-refractivity contribution is -0.182. The number of amides is 1. The van der Waals surface area contributed by atoms with Gasteiger partial charge in [-0.1, -0.05) is 0 Å². The van der Waals surface area contributed by atoms with Crippen LogP contribution in [-0.2, 0) is 23.9 Å². The molecule has 0 spiro atoms. The quantitative estimate of drug-likeness (QED) is 0.502. The molecule has 0 radical (unpaired) electrons. The Bertz CT molecular complexity index is 251. The molecule has 2 N–H and O–H groups in total. The van der Waals surface area contributed by atoms with Crippen LogP contribution in [-0.4, -0.2) is 24.1 Å². The first-order valence-electron chi connectivity index (χ1n) is 4.57. The van der Waals surface area contributed by atoms with Gasteiger partial charge in [0.2, 0.25) is 12.2 Å². The Morgan fingerprint density at radius 2 is 1.80 bits per heavy atom. The van der Waals surface area contributed by atoms with E-state index in [9.17, 15) is 14.4 Å². The Morgan fingerprint density at radius 3 is 2.27 bits per heavy atom. The Kier molecular flexibility index (Phi) is 6.08. The van der Waals surface area contributed by atoms with Gasteiger partial charge in [0, 0.05) is 26.7 Å². The van der Waals surface area contributed by atoms with Crippen molar-refractivity contribution in [2.45, 2.75) is 39.4 Å². The molecule has 0 saturated carbocycles. The number of ether oxygens (including phenoxy) is 2. The zero-order valence-electron chi connectivity index (χ0n) is 8.82. The van der Waals surface area contributed by atoms with E-state index in [1.54, 1.807) is 0 Å². The van der Waals surface area contributed by atoms with Crippen LogP contribution in [0.4, 0.5) is 0 Å². The first-order chi connectivity index (χ1) is 6.91. The minimum Gasteiger partial charge on any atom is -0.426 e. The maximum absolute atomic E-state index is 11.1. The minimum absolute atomic E-state index is 0.0779. The summed E-state index contributed by atoms with van der Waals surface area (Å²) in [5.74, 6) is -1.51. The maximum atomic E-state index is 11.1. The third-order valence-corrected chi connectivity index (χ3v) is 1.43. The number of rotatable bonds is 6. The molecule has 0 aliphatic rings. The molecule has 0 aliphatic carbocycles. The van der Waals surface area contributed by atoms with Crippen molar-refractivity contribution in [2.24, 2.45) is 5.73 Å². The van der Waals surface area contributed by atoms with Crippen molar-refractivity contribution in [1.29, 1.82) is 0 Å². The van der Waals surface area contributed by atoms with Gasteiger partial charge in [0.1, 0.15) is 0 Å². The summed E-state index contributed by atoms with van der Waals surface area (Å²) in [7, 11) is 0. The van der Waals surface area contributed by atoms with E-state index in [2.05, 4.69) is 4.74 Å². The molecule has 15 heavy (non-hydrogen) atoms. The van der Waals surface area contributed by atoms with E-state index < -0.39 is 24.1 Å². The third kappa shape index (κ3) is 8.73. The summed E-state index contributed by atoms with van der Waals surface area (Å²) in [6.07, 6.45) is -0.351. The number of hydrogen-bond acceptors (Lipinski definition) is 5. The zero-order chi connectivity index (χ0) is 11.8. The van der Waals surface area contributed by atoms with E-state index in [0.717, 1.165) is 0 Å². The van der Waals surface area contributed by atoms with E-state index in [-0.39, 0.29) is 12.8 Å². The number of primary amides is 1. The van der Waals surface area contributed by atoms with Gasteiger partial charge in [-0.2, -0.15) is 0 Å². The van der Waals surface area contributed by atoms with Crippen LogP contribution in [0.25, 0.3) is 0 Å². The predicted octanol–water partition coefficient (Wildman–Crippen LogP) is 0.0943. The summed E-state index contributed by atoms with van der Waals surface area (Å²) in [6, 6.07) is 0. The molecule has 6 heteroatoms. The van der Waals surface area contributed by atoms with E-state index in [1.807, 2.05) is 0 Å². The summed E-state index contributed by atoms with van der Waals surface area (Å²) in [4.78, 5) is 31.9. The number of carbonyl (C=O) groups is 3. The lowest BCUT2D eigenvalue weighted by atomic mass is 10.2. The second-order valence-electron chi connectivity index (χ2n) is 2.99. The van der Waals surface area contributed by atoms with Crippen LogP contribution in [0.2, 0.25) is 0 Å². The summed E-state index contributed by atoms with van der Waals surface area (Å²) in [5.41, 5.74) is 4.89. The van der Waals surface area contributed by atoms with Crippen molar-refractivity contribution in [3.05, 3.63) is 0 Å². The zero-order valence-corrected chi connectivity index (χ0v) is 8.82. The fraction of sp³-hybridized carbons (Fsp3) is 0.667. The van der Waals surface area contributed by atoms with Crippen molar-refractivity contribution in [1.82, 2.24) is 0 Å². The minimum atomic E-state index is -0.899. The monoisotopic (exact) mass is 217 g/mol. The average Bonchev–Trinajstić information content (AvgIpc) is 2.00. The molecular formula is C9H15NO5. The molecule has 6 nitrogen and oxygen atoms in total. The van der Waals surface area contributed by atoms with Gasteiger partial charge in [-0.25, -0.2) is 0 Å². The Balaban J connectivity index is 3.64. The first kappa shape index (κ1) is 13.4. The molecule has 0 fully saturated rings. The Hall–Kier alpha value is -1.59. The van der Waals surface area contributed by atoms with E-state index >= 15 is 0 Å². The highest BCUT2D eigenvalue weighted by atomic mass is 16.7. The van der Waals surface area contributed by atoms with Crippen LogP contribution in [0.3, 0.4) is 0 Å². The molecule has 0 aromatic rings. The summed E-state index contributed by atoms with van der Waals surface area (Å²) in [5, 5.41) is 0. The summed E-state index contributed by atoms with van der Waals surface area (Å²) < 4.78 is 9.28. The van der Waals surface area contributed by atoms with Gasteiger partial charge in [0.25, 0.3) is 0 Å². The molecule has 86 valence electrons. The average molecular weight is 217 g/mol. The van der Waals surface area contributed by atoms with Crippen molar-refractivity contribution >= 4 is 17.8 Å². The molecule has 0 aromatic carbocycles. The number of carbonyl (C=O) groups excluding carboxylic acids is 3. The van der Waals surface area contributed by atoms with Crippen LogP contribution in [0.5, 0.6) is 0 Å². The molecule has 1 amide bonds. The third-order valence-electron chi connectivity index (χ3n) is 1.43. The Morgan fingerprint density at radius 1 is 1.20 bits per heavy atom. The highest BCUT2D eigenvalue weighted by molar-refractivity contribution is 5.75. The van der Waals surface area contributed by atoms with Crippen LogP contribution in [0.15, 0.2) is 0 Å². The number of esters is 2. The molecule has 0 aromatic heterocycles. The highest BCUT2D eigenvalue weighted by Crippen LogP contribution is 2.01. The predicted molar refractivity (Wildman–Crippen MR) is 50.4 cm³/mol. The molecular weight excluding hydrogens is 202 g/mol. The van der Waals surface area contributed by atoms with Crippen LogP contribution in [0.1, 0.15) is 33.1 Å². The summed E-state index contributed by atoms with van der Waals surface area (Å²) >= 11 is 0. The van der Waals surface area contributed by atoms with Crippen LogP contribution < -0.4 is 5.73 Å². The number of nitrogens with two attached hydrogens (primary N) is 1. The molecule has 0 rings (SSSR count). The van der Waals surface area contributed by atoms with Gasteiger partial charge in [0.05, 0.1) is 0 Å². The molecule has 1 atom stereocenters. The van der Waals surface area contributed by atoms with Gasteiger partial charge >= 0.3 is 11.9 Å². The Labute approximate surface area is 87.7 Å². The van der Waals surface area contributed by atoms with Gasteiger partial charge in [-0.15, -0.1) is 0 Å². The SMILES string of the molecule is CC(=O)OC(C)OC(=O)CCCC(N)=O. The fourth-order valence-corrected chi connectivity index (χ4v) is 0.909.